The average Bonchev–Trinajstić information content (AvgIpc) is 3.24. The molecule has 0 amide bonds. The number of H-pyrrole nitrogens is 1. The smallest absolute Gasteiger partial charge is 0.138 e. The van der Waals surface area contributed by atoms with Gasteiger partial charge < -0.3 is 5.32 Å². The molecule has 3 aromatic heterocycles. The second-order valence-electron chi connectivity index (χ2n) is 5.22. The normalized spacial score (nSPS) is 17.8. The Hall–Kier alpha value is -1.99. The summed E-state index contributed by atoms with van der Waals surface area (Å²) in [6.45, 7) is 1.71. The van der Waals surface area contributed by atoms with Crippen molar-refractivity contribution in [2.75, 3.05) is 0 Å². The number of fused-ring (bicyclic) bond motifs is 1. The first kappa shape index (κ1) is 12.7. The average molecular weight is 300 g/mol. The van der Waals surface area contributed by atoms with Crippen LogP contribution in [0.4, 0.5) is 0 Å². The maximum absolute atomic E-state index is 4.26. The van der Waals surface area contributed by atoms with E-state index in [9.17, 15) is 0 Å². The molecule has 7 heteroatoms. The first-order chi connectivity index (χ1) is 10.4. The van der Waals surface area contributed by atoms with Gasteiger partial charge in [-0.2, -0.15) is 10.2 Å². The molecular weight excluding hydrogens is 284 g/mol. The van der Waals surface area contributed by atoms with Crippen LogP contribution in [-0.4, -0.2) is 31.0 Å². The van der Waals surface area contributed by atoms with Gasteiger partial charge in [-0.1, -0.05) is 6.07 Å². The minimum absolute atomic E-state index is 0.435. The highest BCUT2D eigenvalue weighted by Gasteiger charge is 2.19. The third-order valence-electron chi connectivity index (χ3n) is 3.87. The van der Waals surface area contributed by atoms with Crippen molar-refractivity contribution in [1.82, 2.24) is 30.3 Å². The summed E-state index contributed by atoms with van der Waals surface area (Å²) in [7, 11) is 0. The number of hydrogen-bond donors (Lipinski definition) is 2. The van der Waals surface area contributed by atoms with E-state index in [-0.39, 0.29) is 0 Å². The molecule has 21 heavy (non-hydrogen) atoms. The lowest BCUT2D eigenvalue weighted by Crippen LogP contribution is -2.37. The van der Waals surface area contributed by atoms with Crippen LogP contribution in [0.3, 0.4) is 0 Å². The molecule has 6 nitrogen and oxygen atoms in total. The molecule has 0 spiro atoms. The molecule has 0 bridgehead atoms. The van der Waals surface area contributed by atoms with E-state index in [1.807, 2.05) is 10.9 Å². The maximum Gasteiger partial charge on any atom is 0.138 e. The molecule has 4 heterocycles. The number of aryl methyl sites for hydroxylation is 1. The van der Waals surface area contributed by atoms with Gasteiger partial charge in [0.2, 0.25) is 0 Å². The first-order valence-corrected chi connectivity index (χ1v) is 7.94. The number of rotatable bonds is 4. The minimum Gasteiger partial charge on any atom is -0.308 e. The number of aromatic amines is 1. The Bertz CT molecular complexity index is 713. The number of hydrogen-bond acceptors (Lipinski definition) is 5. The Labute approximate surface area is 126 Å². The summed E-state index contributed by atoms with van der Waals surface area (Å²) in [6, 6.07) is 4.61. The van der Waals surface area contributed by atoms with Crippen molar-refractivity contribution in [2.24, 2.45) is 0 Å². The van der Waals surface area contributed by atoms with Gasteiger partial charge in [-0.05, 0) is 17.9 Å². The molecule has 0 fully saturated rings. The zero-order chi connectivity index (χ0) is 14.1. The summed E-state index contributed by atoms with van der Waals surface area (Å²) in [5.74, 6) is 1.09. The number of nitrogens with one attached hydrogen (secondary N) is 2. The van der Waals surface area contributed by atoms with Crippen molar-refractivity contribution in [3.8, 4) is 10.6 Å². The van der Waals surface area contributed by atoms with E-state index in [1.165, 1.54) is 10.4 Å². The summed E-state index contributed by atoms with van der Waals surface area (Å²) >= 11 is 1.73. The van der Waals surface area contributed by atoms with Crippen molar-refractivity contribution in [1.29, 1.82) is 0 Å². The quantitative estimate of drug-likeness (QED) is 0.771. The van der Waals surface area contributed by atoms with Crippen LogP contribution in [0.25, 0.3) is 10.6 Å². The van der Waals surface area contributed by atoms with Crippen LogP contribution in [0, 0.1) is 0 Å². The summed E-state index contributed by atoms with van der Waals surface area (Å²) in [5, 5.41) is 17.2. The molecule has 2 N–H and O–H groups in total. The summed E-state index contributed by atoms with van der Waals surface area (Å²) in [5.41, 5.74) is 2.33. The van der Waals surface area contributed by atoms with Crippen molar-refractivity contribution < 1.29 is 0 Å². The predicted octanol–water partition coefficient (Wildman–Crippen LogP) is 1.83. The Morgan fingerprint density at radius 1 is 1.48 bits per heavy atom. The van der Waals surface area contributed by atoms with Crippen molar-refractivity contribution in [2.45, 2.75) is 32.0 Å². The van der Waals surface area contributed by atoms with Gasteiger partial charge in [0.25, 0.3) is 0 Å². The zero-order valence-corrected chi connectivity index (χ0v) is 12.3. The lowest BCUT2D eigenvalue weighted by Gasteiger charge is -2.23. The van der Waals surface area contributed by atoms with Crippen LogP contribution in [0.2, 0.25) is 0 Å². The van der Waals surface area contributed by atoms with Gasteiger partial charge >= 0.3 is 0 Å². The SMILES string of the molecule is c1csc(-c2[nH]ncc2CN[C@@H]2CCc3ncnn3C2)c1. The highest BCUT2D eigenvalue weighted by molar-refractivity contribution is 7.13. The molecule has 3 aromatic rings. The van der Waals surface area contributed by atoms with Crippen molar-refractivity contribution in [3.05, 3.63) is 41.4 Å². The standard InChI is InChI=1S/C14H16N6S/c1-2-12(21-5-1)14-10(7-17-19-14)6-15-11-3-4-13-16-9-18-20(13)8-11/h1-2,5,7,9,11,15H,3-4,6,8H2,(H,17,19)/t11-/m1/s1. The molecule has 0 unspecified atom stereocenters. The van der Waals surface area contributed by atoms with Gasteiger partial charge in [0.1, 0.15) is 12.2 Å². The van der Waals surface area contributed by atoms with Gasteiger partial charge in [0.05, 0.1) is 23.3 Å². The largest absolute Gasteiger partial charge is 0.308 e. The molecule has 1 atom stereocenters. The van der Waals surface area contributed by atoms with E-state index in [1.54, 1.807) is 17.7 Å². The molecule has 0 saturated carbocycles. The summed E-state index contributed by atoms with van der Waals surface area (Å²) < 4.78 is 2.00. The van der Waals surface area contributed by atoms with E-state index in [0.29, 0.717) is 6.04 Å². The van der Waals surface area contributed by atoms with Crippen LogP contribution in [0.5, 0.6) is 0 Å². The van der Waals surface area contributed by atoms with Gasteiger partial charge in [-0.25, -0.2) is 9.67 Å². The van der Waals surface area contributed by atoms with E-state index < -0.39 is 0 Å². The summed E-state index contributed by atoms with van der Waals surface area (Å²) in [4.78, 5) is 5.49. The molecule has 1 aliphatic heterocycles. The van der Waals surface area contributed by atoms with E-state index >= 15 is 0 Å². The van der Waals surface area contributed by atoms with Gasteiger partial charge in [-0.3, -0.25) is 5.10 Å². The lowest BCUT2D eigenvalue weighted by molar-refractivity contribution is 0.358. The third kappa shape index (κ3) is 2.50. The van der Waals surface area contributed by atoms with E-state index in [2.05, 4.69) is 43.1 Å². The van der Waals surface area contributed by atoms with Crippen LogP contribution in [-0.2, 0) is 19.5 Å². The zero-order valence-electron chi connectivity index (χ0n) is 11.5. The monoisotopic (exact) mass is 300 g/mol. The van der Waals surface area contributed by atoms with Crippen LogP contribution >= 0.6 is 11.3 Å². The Morgan fingerprint density at radius 3 is 3.38 bits per heavy atom. The lowest BCUT2D eigenvalue weighted by atomic mass is 10.1. The number of nitrogens with zero attached hydrogens (tertiary/aromatic N) is 4. The van der Waals surface area contributed by atoms with Gasteiger partial charge in [0.15, 0.2) is 0 Å². The molecule has 108 valence electrons. The molecule has 0 radical (unpaired) electrons. The van der Waals surface area contributed by atoms with E-state index in [0.717, 1.165) is 37.4 Å². The number of thiophene rings is 1. The molecular formula is C14H16N6S. The Balaban J connectivity index is 1.43. The molecule has 0 aliphatic carbocycles. The van der Waals surface area contributed by atoms with Crippen LogP contribution in [0.15, 0.2) is 30.0 Å². The fourth-order valence-corrected chi connectivity index (χ4v) is 3.49. The van der Waals surface area contributed by atoms with Crippen LogP contribution < -0.4 is 5.32 Å². The fourth-order valence-electron chi connectivity index (χ4n) is 2.74. The van der Waals surface area contributed by atoms with Crippen molar-refractivity contribution >= 4 is 11.3 Å². The molecule has 0 saturated heterocycles. The Morgan fingerprint density at radius 2 is 2.48 bits per heavy atom. The fraction of sp³-hybridized carbons (Fsp3) is 0.357. The predicted molar refractivity (Wildman–Crippen MR) is 80.9 cm³/mol. The Kier molecular flexibility index (Phi) is 3.28. The molecule has 1 aliphatic rings. The highest BCUT2D eigenvalue weighted by atomic mass is 32.1. The highest BCUT2D eigenvalue weighted by Crippen LogP contribution is 2.25. The maximum atomic E-state index is 4.26. The third-order valence-corrected chi connectivity index (χ3v) is 4.76. The topological polar surface area (TPSA) is 71.4 Å². The number of aromatic nitrogens is 5. The van der Waals surface area contributed by atoms with Gasteiger partial charge in [-0.15, -0.1) is 11.3 Å². The molecule has 4 rings (SSSR count). The molecule has 0 aromatic carbocycles. The summed E-state index contributed by atoms with van der Waals surface area (Å²) in [6.07, 6.45) is 5.64. The second-order valence-corrected chi connectivity index (χ2v) is 6.17. The minimum atomic E-state index is 0.435. The second kappa shape index (κ2) is 5.42. The van der Waals surface area contributed by atoms with Gasteiger partial charge in [0, 0.05) is 24.6 Å². The van der Waals surface area contributed by atoms with Crippen molar-refractivity contribution in [3.63, 3.8) is 0 Å². The van der Waals surface area contributed by atoms with Crippen LogP contribution in [0.1, 0.15) is 17.8 Å². The van der Waals surface area contributed by atoms with E-state index in [4.69, 9.17) is 0 Å². The first-order valence-electron chi connectivity index (χ1n) is 7.06.